The third-order valence-corrected chi connectivity index (χ3v) is 3.45. The van der Waals surface area contributed by atoms with Crippen LogP contribution in [-0.4, -0.2) is 47.9 Å². The van der Waals surface area contributed by atoms with E-state index >= 15 is 0 Å². The molecule has 3 heterocycles. The van der Waals surface area contributed by atoms with Crippen LogP contribution in [0.2, 0.25) is 0 Å². The highest BCUT2D eigenvalue weighted by Gasteiger charge is 2.43. The molecule has 3 fully saturated rings. The van der Waals surface area contributed by atoms with E-state index in [0.717, 1.165) is 24.1 Å². The van der Waals surface area contributed by atoms with E-state index in [-0.39, 0.29) is 4.71 Å². The normalized spacial score (nSPS) is 49.6. The third kappa shape index (κ3) is 1.15. The Morgan fingerprint density at radius 1 is 1.27 bits per heavy atom. The number of alkyl halides is 1. The van der Waals surface area contributed by atoms with Gasteiger partial charge in [0.05, 0.1) is 0 Å². The van der Waals surface area contributed by atoms with E-state index in [2.05, 4.69) is 0 Å². The lowest BCUT2D eigenvalue weighted by Gasteiger charge is -2.54. The predicted molar refractivity (Wildman–Crippen MR) is 41.0 cm³/mol. The van der Waals surface area contributed by atoms with Crippen molar-refractivity contribution in [3.05, 3.63) is 6.54 Å². The van der Waals surface area contributed by atoms with Gasteiger partial charge in [0.1, 0.15) is 26.2 Å². The highest BCUT2D eigenvalue weighted by atomic mass is 35.5. The van der Waals surface area contributed by atoms with Gasteiger partial charge in [0.2, 0.25) is 0 Å². The summed E-state index contributed by atoms with van der Waals surface area (Å²) >= 11 is 5.83. The maximum Gasteiger partial charge on any atom is 0.153 e. The Hall–Kier alpha value is 0.140. The molecule has 0 spiro atoms. The van der Waals surface area contributed by atoms with Crippen LogP contribution >= 0.6 is 11.6 Å². The summed E-state index contributed by atoms with van der Waals surface area (Å²) in [4.78, 5) is 0. The molecule has 0 unspecified atom stereocenters. The Morgan fingerprint density at radius 2 is 1.91 bits per heavy atom. The van der Waals surface area contributed by atoms with E-state index in [4.69, 9.17) is 11.6 Å². The molecule has 0 N–H and O–H groups in total. The molecule has 11 heavy (non-hydrogen) atoms. The van der Waals surface area contributed by atoms with Crippen LogP contribution in [0.25, 0.3) is 0 Å². The van der Waals surface area contributed by atoms with Gasteiger partial charge in [-0.1, -0.05) is 11.6 Å². The topological polar surface area (TPSA) is 0 Å². The molecule has 0 saturated carbocycles. The fourth-order valence-corrected chi connectivity index (χ4v) is 2.17. The molecule has 0 aliphatic carbocycles. The standard InChI is InChI=1S/C7H13ClFN2/c8-7-10-1-4-11(9,5-2-10)6-3-10/h4H,1-3,5-7H2/q+1. The third-order valence-electron chi connectivity index (χ3n) is 2.94. The molecule has 0 atom stereocenters. The van der Waals surface area contributed by atoms with Crippen LogP contribution in [0.15, 0.2) is 0 Å². The largest absolute Gasteiger partial charge is 0.322 e. The van der Waals surface area contributed by atoms with Gasteiger partial charge in [-0.2, -0.15) is 0 Å². The van der Waals surface area contributed by atoms with E-state index in [1.165, 1.54) is 0 Å². The Balaban J connectivity index is 2.12. The zero-order valence-electron chi connectivity index (χ0n) is 6.47. The molecule has 0 radical (unpaired) electrons. The summed E-state index contributed by atoms with van der Waals surface area (Å²) in [5.41, 5.74) is 0. The fraction of sp³-hybridized carbons (Fsp3) is 0.857. The lowest BCUT2D eigenvalue weighted by molar-refractivity contribution is -1.13. The smallest absolute Gasteiger partial charge is 0.153 e. The van der Waals surface area contributed by atoms with Gasteiger partial charge in [-0.25, -0.2) is 4.71 Å². The van der Waals surface area contributed by atoms with Crippen LogP contribution in [0, 0.1) is 6.54 Å². The van der Waals surface area contributed by atoms with Gasteiger partial charge in [-0.15, -0.1) is 0 Å². The van der Waals surface area contributed by atoms with Crippen LogP contribution in [0.1, 0.15) is 0 Å². The lowest BCUT2D eigenvalue weighted by atomic mass is 10.2. The monoisotopic (exact) mass is 179 g/mol. The van der Waals surface area contributed by atoms with Crippen LogP contribution in [0.5, 0.6) is 0 Å². The van der Waals surface area contributed by atoms with E-state index in [1.807, 2.05) is 0 Å². The Kier molecular flexibility index (Phi) is 1.63. The second-order valence-electron chi connectivity index (χ2n) is 3.65. The van der Waals surface area contributed by atoms with Crippen LogP contribution < -0.4 is 0 Å². The molecule has 3 rings (SSSR count). The van der Waals surface area contributed by atoms with Crippen molar-refractivity contribution in [2.75, 3.05) is 38.7 Å². The van der Waals surface area contributed by atoms with Crippen LogP contribution in [0.4, 0.5) is 4.48 Å². The second-order valence-corrected chi connectivity index (χ2v) is 3.89. The average molecular weight is 180 g/mol. The molecule has 0 aromatic heterocycles. The first-order valence-electron chi connectivity index (χ1n) is 4.00. The molecule has 2 bridgehead atoms. The second kappa shape index (κ2) is 2.31. The van der Waals surface area contributed by atoms with E-state index < -0.39 is 0 Å². The first-order valence-corrected chi connectivity index (χ1v) is 4.53. The summed E-state index contributed by atoms with van der Waals surface area (Å²) in [5.74, 6) is 0. The zero-order valence-corrected chi connectivity index (χ0v) is 7.23. The number of quaternary nitrogens is 2. The summed E-state index contributed by atoms with van der Waals surface area (Å²) in [6.45, 7) is 5.60. The Labute approximate surface area is 71.3 Å². The molecule has 0 aromatic rings. The summed E-state index contributed by atoms with van der Waals surface area (Å²) in [7, 11) is 0. The minimum absolute atomic E-state index is 0.323. The van der Waals surface area contributed by atoms with Gasteiger partial charge in [0.25, 0.3) is 0 Å². The molecule has 0 amide bonds. The van der Waals surface area contributed by atoms with Crippen molar-refractivity contribution in [1.82, 2.24) is 0 Å². The van der Waals surface area contributed by atoms with E-state index in [9.17, 15) is 4.48 Å². The minimum Gasteiger partial charge on any atom is -0.322 e. The van der Waals surface area contributed by atoms with Crippen molar-refractivity contribution in [3.63, 3.8) is 0 Å². The zero-order chi connectivity index (χ0) is 7.95. The highest BCUT2D eigenvalue weighted by Crippen LogP contribution is 2.29. The number of piperazine rings is 3. The van der Waals surface area contributed by atoms with Gasteiger partial charge in [0.15, 0.2) is 6.00 Å². The molecule has 64 valence electrons. The predicted octanol–water partition coefficient (Wildman–Crippen LogP) is 0.890. The van der Waals surface area contributed by atoms with Crippen molar-refractivity contribution >= 4 is 11.6 Å². The van der Waals surface area contributed by atoms with Gasteiger partial charge in [0, 0.05) is 6.54 Å². The van der Waals surface area contributed by atoms with Crippen molar-refractivity contribution in [3.8, 4) is 0 Å². The molecule has 2 nitrogen and oxygen atoms in total. The molecule has 4 heteroatoms. The number of hydrogen-bond donors (Lipinski definition) is 0. The molecule has 3 aliphatic rings. The number of halogens is 2. The van der Waals surface area contributed by atoms with Crippen molar-refractivity contribution in [1.29, 1.82) is 0 Å². The van der Waals surface area contributed by atoms with Crippen molar-refractivity contribution in [2.24, 2.45) is 0 Å². The molecular formula is C7H13ClFN2+. The molecule has 0 aromatic carbocycles. The quantitative estimate of drug-likeness (QED) is 0.184. The number of rotatable bonds is 1. The maximum atomic E-state index is 13.5. The summed E-state index contributed by atoms with van der Waals surface area (Å²) < 4.78 is 14.0. The molecular weight excluding hydrogens is 167 g/mol. The lowest BCUT2D eigenvalue weighted by Crippen LogP contribution is -2.69. The molecule has 3 aliphatic heterocycles. The van der Waals surface area contributed by atoms with Gasteiger partial charge >= 0.3 is 0 Å². The minimum atomic E-state index is -0.323. The maximum absolute atomic E-state index is 13.5. The first kappa shape index (κ1) is 7.77. The summed E-state index contributed by atoms with van der Waals surface area (Å²) in [6.07, 6.45) is 0. The van der Waals surface area contributed by atoms with E-state index in [0.29, 0.717) is 19.1 Å². The fourth-order valence-electron chi connectivity index (χ4n) is 1.83. The van der Waals surface area contributed by atoms with Gasteiger partial charge < -0.3 is 4.48 Å². The van der Waals surface area contributed by atoms with Crippen molar-refractivity contribution in [2.45, 2.75) is 0 Å². The first-order chi connectivity index (χ1) is 5.18. The Bertz CT molecular complexity index is 149. The average Bonchev–Trinajstić information content (AvgIpc) is 2.07. The highest BCUT2D eigenvalue weighted by molar-refractivity contribution is 6.17. The van der Waals surface area contributed by atoms with Gasteiger partial charge in [-0.05, 0) is 11.0 Å². The number of nitrogens with zero attached hydrogens (tertiary/aromatic N) is 2. The van der Waals surface area contributed by atoms with Crippen molar-refractivity contribution < 1.29 is 13.7 Å². The number of fused-ring (bicyclic) bond motifs is 3. The summed E-state index contributed by atoms with van der Waals surface area (Å²) in [6, 6.07) is 0.635. The Morgan fingerprint density at radius 3 is 2.27 bits per heavy atom. The molecule has 3 saturated heterocycles. The van der Waals surface area contributed by atoms with E-state index in [1.54, 1.807) is 6.54 Å². The SMILES string of the molecule is F[N+]12[CH-]C[N+](CCl)(CC1)CC2. The number of hydrogen-bond acceptors (Lipinski definition) is 0. The van der Waals surface area contributed by atoms with Crippen LogP contribution in [0.3, 0.4) is 0 Å². The van der Waals surface area contributed by atoms with Crippen LogP contribution in [-0.2, 0) is 0 Å². The van der Waals surface area contributed by atoms with Gasteiger partial charge in [-0.3, -0.25) is 0 Å². The summed E-state index contributed by atoms with van der Waals surface area (Å²) in [5, 5.41) is 0.